The predicted octanol–water partition coefficient (Wildman–Crippen LogP) is 5.32. The fraction of sp³-hybridized carbons (Fsp3) is 0.462. The molecule has 0 radical (unpaired) electrons. The van der Waals surface area contributed by atoms with Gasteiger partial charge in [0.25, 0.3) is 0 Å². The number of halogens is 2. The van der Waals surface area contributed by atoms with Gasteiger partial charge in [-0.2, -0.15) is 0 Å². The standard InChI is InChI=1S/C26H29ClFN5O3/c1-5-16(2)23(36-4)31-25(35)32-12-10-26(11-13-32)22(21-9-6-17(29-3)15-30-21)33(24(26)34)18-7-8-20(28)19(27)14-18/h6-9,14-16,22-23H,5,10-13H2,1-2,4H3,(H,31,35)/t16?,22?,23-/m1/s1. The second-order valence-electron chi connectivity index (χ2n) is 9.36. The van der Waals surface area contributed by atoms with Gasteiger partial charge in [0.2, 0.25) is 11.6 Å². The van der Waals surface area contributed by atoms with Gasteiger partial charge in [0.05, 0.1) is 28.7 Å². The van der Waals surface area contributed by atoms with Crippen molar-refractivity contribution in [3.05, 3.63) is 64.5 Å². The Bertz CT molecular complexity index is 1180. The van der Waals surface area contributed by atoms with E-state index in [4.69, 9.17) is 22.9 Å². The van der Waals surface area contributed by atoms with E-state index in [0.717, 1.165) is 6.42 Å². The summed E-state index contributed by atoms with van der Waals surface area (Å²) in [6.45, 7) is 12.0. The monoisotopic (exact) mass is 513 g/mol. The molecular weight excluding hydrogens is 485 g/mol. The Morgan fingerprint density at radius 1 is 1.36 bits per heavy atom. The van der Waals surface area contributed by atoms with E-state index in [0.29, 0.717) is 43.0 Å². The fourth-order valence-corrected chi connectivity index (χ4v) is 5.23. The topological polar surface area (TPSA) is 79.1 Å². The van der Waals surface area contributed by atoms with Crippen molar-refractivity contribution < 1.29 is 18.7 Å². The zero-order valence-electron chi connectivity index (χ0n) is 20.5. The number of β-lactam (4-membered cyclic amide) rings is 1. The Morgan fingerprint density at radius 2 is 2.08 bits per heavy atom. The van der Waals surface area contributed by atoms with Crippen LogP contribution in [0.25, 0.3) is 4.85 Å². The molecule has 0 saturated carbocycles. The number of nitrogens with zero attached hydrogens (tertiary/aromatic N) is 4. The molecule has 2 unspecified atom stereocenters. The van der Waals surface area contributed by atoms with Gasteiger partial charge in [0, 0.05) is 38.0 Å². The number of aromatic nitrogens is 1. The van der Waals surface area contributed by atoms with Crippen LogP contribution in [0, 0.1) is 23.7 Å². The van der Waals surface area contributed by atoms with E-state index in [9.17, 15) is 14.0 Å². The third kappa shape index (κ3) is 4.51. The molecule has 10 heteroatoms. The normalized spacial score (nSPS) is 20.4. The Balaban J connectivity index is 1.58. The smallest absolute Gasteiger partial charge is 0.319 e. The number of rotatable bonds is 6. The van der Waals surface area contributed by atoms with Gasteiger partial charge < -0.3 is 19.9 Å². The van der Waals surface area contributed by atoms with Crippen molar-refractivity contribution in [2.24, 2.45) is 11.3 Å². The first-order valence-corrected chi connectivity index (χ1v) is 12.3. The van der Waals surface area contributed by atoms with Crippen molar-refractivity contribution in [1.29, 1.82) is 0 Å². The Kier molecular flexibility index (Phi) is 7.48. The second-order valence-corrected chi connectivity index (χ2v) is 9.77. The lowest BCUT2D eigenvalue weighted by molar-refractivity contribution is -0.144. The number of benzene rings is 1. The highest BCUT2D eigenvalue weighted by Crippen LogP contribution is 2.57. The van der Waals surface area contributed by atoms with E-state index >= 15 is 0 Å². The highest BCUT2D eigenvalue weighted by molar-refractivity contribution is 6.31. The molecule has 190 valence electrons. The van der Waals surface area contributed by atoms with E-state index in [2.05, 4.69) is 15.1 Å². The van der Waals surface area contributed by atoms with Crippen LogP contribution < -0.4 is 10.2 Å². The second kappa shape index (κ2) is 10.4. The molecule has 1 aromatic heterocycles. The maximum Gasteiger partial charge on any atom is 0.319 e. The van der Waals surface area contributed by atoms with Crippen LogP contribution in [-0.2, 0) is 9.53 Å². The van der Waals surface area contributed by atoms with Gasteiger partial charge >= 0.3 is 6.03 Å². The molecule has 0 bridgehead atoms. The van der Waals surface area contributed by atoms with Crippen molar-refractivity contribution in [2.45, 2.75) is 45.4 Å². The summed E-state index contributed by atoms with van der Waals surface area (Å²) >= 11 is 6.01. The molecular formula is C26H29ClFN5O3. The number of ether oxygens (including phenoxy) is 1. The van der Waals surface area contributed by atoms with Gasteiger partial charge in [-0.1, -0.05) is 31.5 Å². The number of piperidine rings is 1. The van der Waals surface area contributed by atoms with Gasteiger partial charge in [-0.15, -0.1) is 0 Å². The van der Waals surface area contributed by atoms with Crippen molar-refractivity contribution in [3.63, 3.8) is 0 Å². The molecule has 2 aromatic rings. The molecule has 36 heavy (non-hydrogen) atoms. The van der Waals surface area contributed by atoms with Crippen LogP contribution in [0.3, 0.4) is 0 Å². The van der Waals surface area contributed by atoms with E-state index in [1.807, 2.05) is 13.8 Å². The number of pyridine rings is 1. The summed E-state index contributed by atoms with van der Waals surface area (Å²) in [5.41, 5.74) is 0.753. The minimum absolute atomic E-state index is 0.0724. The first-order valence-electron chi connectivity index (χ1n) is 12.0. The number of urea groups is 1. The lowest BCUT2D eigenvalue weighted by Crippen LogP contribution is -2.67. The van der Waals surface area contributed by atoms with Gasteiger partial charge in [-0.25, -0.2) is 14.0 Å². The van der Waals surface area contributed by atoms with Crippen molar-refractivity contribution in [1.82, 2.24) is 15.2 Å². The summed E-state index contributed by atoms with van der Waals surface area (Å²) < 4.78 is 19.3. The molecule has 0 aliphatic carbocycles. The van der Waals surface area contributed by atoms with Crippen LogP contribution in [0.2, 0.25) is 5.02 Å². The van der Waals surface area contributed by atoms with E-state index in [-0.39, 0.29) is 29.1 Å². The first kappa shape index (κ1) is 25.9. The number of amides is 3. The highest BCUT2D eigenvalue weighted by atomic mass is 35.5. The number of carbonyl (C=O) groups excluding carboxylic acids is 2. The van der Waals surface area contributed by atoms with Gasteiger partial charge in [0.1, 0.15) is 12.0 Å². The largest absolute Gasteiger partial charge is 0.361 e. The number of likely N-dealkylation sites (tertiary alicyclic amines) is 1. The summed E-state index contributed by atoms with van der Waals surface area (Å²) in [5, 5.41) is 2.87. The van der Waals surface area contributed by atoms with Gasteiger partial charge in [0.15, 0.2) is 0 Å². The molecule has 2 fully saturated rings. The lowest BCUT2D eigenvalue weighted by atomic mass is 9.63. The van der Waals surface area contributed by atoms with Crippen molar-refractivity contribution in [3.8, 4) is 0 Å². The van der Waals surface area contributed by atoms with Gasteiger partial charge in [-0.05, 0) is 43.5 Å². The van der Waals surface area contributed by atoms with E-state index < -0.39 is 17.3 Å². The zero-order valence-corrected chi connectivity index (χ0v) is 21.3. The van der Waals surface area contributed by atoms with Crippen molar-refractivity contribution in [2.75, 3.05) is 25.1 Å². The number of hydrogen-bond donors (Lipinski definition) is 1. The average molecular weight is 514 g/mol. The summed E-state index contributed by atoms with van der Waals surface area (Å²) in [7, 11) is 1.57. The molecule has 3 atom stereocenters. The maximum absolute atomic E-state index is 13.8. The van der Waals surface area contributed by atoms with E-state index in [1.165, 1.54) is 24.4 Å². The minimum atomic E-state index is -0.762. The summed E-state index contributed by atoms with van der Waals surface area (Å²) in [6.07, 6.45) is 2.85. The maximum atomic E-state index is 13.8. The third-order valence-corrected chi connectivity index (χ3v) is 7.70. The summed E-state index contributed by atoms with van der Waals surface area (Å²) in [6, 6.07) is 6.96. The number of hydrogen-bond acceptors (Lipinski definition) is 4. The predicted molar refractivity (Wildman–Crippen MR) is 134 cm³/mol. The molecule has 1 spiro atoms. The Labute approximate surface area is 215 Å². The van der Waals surface area contributed by atoms with Crippen LogP contribution in [0.5, 0.6) is 0 Å². The Hall–Kier alpha value is -3.22. The molecule has 1 aromatic carbocycles. The van der Waals surface area contributed by atoms with Crippen LogP contribution in [0.15, 0.2) is 36.5 Å². The summed E-state index contributed by atoms with van der Waals surface area (Å²) in [4.78, 5) is 37.7. The SMILES string of the molecule is [C-]#[N+]c1ccc(C2N(c3ccc(F)c(Cl)c3)C(=O)C23CCN(C(=O)N[C@H](OC)C(C)CC)CC3)nc1. The molecule has 4 rings (SSSR count). The first-order chi connectivity index (χ1) is 17.2. The molecule has 2 aliphatic rings. The Morgan fingerprint density at radius 3 is 2.64 bits per heavy atom. The fourth-order valence-electron chi connectivity index (χ4n) is 5.05. The van der Waals surface area contributed by atoms with Crippen LogP contribution >= 0.6 is 11.6 Å². The quantitative estimate of drug-likeness (QED) is 0.322. The molecule has 3 heterocycles. The van der Waals surface area contributed by atoms with E-state index in [1.54, 1.807) is 29.0 Å². The lowest BCUT2D eigenvalue weighted by Gasteiger charge is -2.58. The number of anilines is 1. The minimum Gasteiger partial charge on any atom is -0.361 e. The number of carbonyl (C=O) groups is 2. The van der Waals surface area contributed by atoms with Crippen LogP contribution in [0.4, 0.5) is 20.6 Å². The zero-order chi connectivity index (χ0) is 26.0. The molecule has 3 amide bonds. The molecule has 2 aliphatic heterocycles. The molecule has 2 saturated heterocycles. The van der Waals surface area contributed by atoms with Crippen molar-refractivity contribution >= 4 is 34.9 Å². The average Bonchev–Trinajstić information content (AvgIpc) is 2.91. The third-order valence-electron chi connectivity index (χ3n) is 7.41. The van der Waals surface area contributed by atoms with Crippen LogP contribution in [-0.4, -0.2) is 48.2 Å². The number of methoxy groups -OCH3 is 1. The van der Waals surface area contributed by atoms with Crippen LogP contribution in [0.1, 0.15) is 44.8 Å². The summed E-state index contributed by atoms with van der Waals surface area (Å²) in [5.74, 6) is -0.515. The molecule has 8 nitrogen and oxygen atoms in total. The number of nitrogens with one attached hydrogen (secondary N) is 1. The van der Waals surface area contributed by atoms with Gasteiger partial charge in [-0.3, -0.25) is 9.78 Å². The highest BCUT2D eigenvalue weighted by Gasteiger charge is 2.62. The molecule has 1 N–H and O–H groups in total.